The number of carbonyl (C=O) groups excluding carboxylic acids is 1. The van der Waals surface area contributed by atoms with Crippen molar-refractivity contribution < 1.29 is 4.79 Å². The third kappa shape index (κ3) is 3.61. The molecule has 1 saturated carbocycles. The fourth-order valence-electron chi connectivity index (χ4n) is 3.50. The molecule has 1 unspecified atom stereocenters. The number of fused-ring (bicyclic) bond motifs is 1. The molecule has 0 bridgehead atoms. The fourth-order valence-corrected chi connectivity index (χ4v) is 3.50. The highest BCUT2D eigenvalue weighted by molar-refractivity contribution is 5.85. The lowest BCUT2D eigenvalue weighted by Gasteiger charge is -2.27. The number of hydrogen-bond donors (Lipinski definition) is 2. The minimum absolute atomic E-state index is 0. The van der Waals surface area contributed by atoms with Gasteiger partial charge in [-0.05, 0) is 70.2 Å². The molecule has 122 valence electrons. The molecule has 4 nitrogen and oxygen atoms in total. The standard InChI is InChI=1S/C17H25N3O.ClH/c1-11-5-4-8-19-14(11)6-7-17(2,3)20-16(21)15-12-9-18-10-13(12)15;/h4-5,8,12-13,15,18H,6-7,9-10H2,1-3H3,(H,20,21);1H/t12-,13+,15?;. The van der Waals surface area contributed by atoms with Crippen LogP contribution in [-0.2, 0) is 11.2 Å². The van der Waals surface area contributed by atoms with E-state index in [4.69, 9.17) is 0 Å². The molecule has 0 radical (unpaired) electrons. The van der Waals surface area contributed by atoms with Crippen LogP contribution in [0.15, 0.2) is 18.3 Å². The van der Waals surface area contributed by atoms with Crippen LogP contribution in [0.2, 0.25) is 0 Å². The molecule has 5 heteroatoms. The number of aryl methyl sites for hydroxylation is 2. The number of nitrogens with one attached hydrogen (secondary N) is 2. The molecule has 2 heterocycles. The third-order valence-electron chi connectivity index (χ3n) is 4.96. The van der Waals surface area contributed by atoms with Crippen molar-refractivity contribution in [3.63, 3.8) is 0 Å². The summed E-state index contributed by atoms with van der Waals surface area (Å²) in [5.74, 6) is 1.66. The van der Waals surface area contributed by atoms with Gasteiger partial charge < -0.3 is 10.6 Å². The largest absolute Gasteiger partial charge is 0.351 e. The van der Waals surface area contributed by atoms with E-state index in [1.54, 1.807) is 0 Å². The van der Waals surface area contributed by atoms with Crippen molar-refractivity contribution >= 4 is 18.3 Å². The predicted molar refractivity (Wildman–Crippen MR) is 90.1 cm³/mol. The molecule has 22 heavy (non-hydrogen) atoms. The minimum atomic E-state index is -0.175. The van der Waals surface area contributed by atoms with E-state index in [1.165, 1.54) is 5.56 Å². The van der Waals surface area contributed by atoms with Crippen molar-refractivity contribution in [3.8, 4) is 0 Å². The maximum atomic E-state index is 12.4. The van der Waals surface area contributed by atoms with Crippen molar-refractivity contribution in [2.45, 2.75) is 39.2 Å². The maximum Gasteiger partial charge on any atom is 0.224 e. The number of hydrogen-bond acceptors (Lipinski definition) is 3. The van der Waals surface area contributed by atoms with Gasteiger partial charge >= 0.3 is 0 Å². The van der Waals surface area contributed by atoms with Crippen LogP contribution in [-0.4, -0.2) is 29.5 Å². The van der Waals surface area contributed by atoms with E-state index in [1.807, 2.05) is 12.3 Å². The molecule has 1 aromatic rings. The summed E-state index contributed by atoms with van der Waals surface area (Å²) in [7, 11) is 0. The molecular weight excluding hydrogens is 298 g/mol. The van der Waals surface area contributed by atoms with Crippen LogP contribution in [0, 0.1) is 24.7 Å². The molecule has 1 aromatic heterocycles. The zero-order chi connectivity index (χ0) is 15.0. The second kappa shape index (κ2) is 6.55. The van der Waals surface area contributed by atoms with Crippen LogP contribution >= 0.6 is 12.4 Å². The summed E-state index contributed by atoms with van der Waals surface area (Å²) in [5.41, 5.74) is 2.18. The monoisotopic (exact) mass is 323 g/mol. The highest BCUT2D eigenvalue weighted by Crippen LogP contribution is 2.48. The van der Waals surface area contributed by atoms with Crippen LogP contribution in [0.1, 0.15) is 31.5 Å². The summed E-state index contributed by atoms with van der Waals surface area (Å²) in [4.78, 5) is 16.8. The summed E-state index contributed by atoms with van der Waals surface area (Å²) in [6.45, 7) is 8.33. The van der Waals surface area contributed by atoms with Crippen LogP contribution in [0.4, 0.5) is 0 Å². The average molecular weight is 324 g/mol. The molecule has 2 aliphatic rings. The Morgan fingerprint density at radius 1 is 1.41 bits per heavy atom. The first-order valence-corrected chi connectivity index (χ1v) is 7.91. The van der Waals surface area contributed by atoms with E-state index in [2.05, 4.69) is 42.5 Å². The second-order valence-electron chi connectivity index (χ2n) is 7.15. The molecule has 1 aliphatic carbocycles. The number of piperidine rings is 1. The molecule has 1 saturated heterocycles. The fraction of sp³-hybridized carbons (Fsp3) is 0.647. The lowest BCUT2D eigenvalue weighted by atomic mass is 9.95. The SMILES string of the molecule is Cc1cccnc1CCC(C)(C)NC(=O)C1[C@H]2CNC[C@@H]12.Cl. The normalized spacial score (nSPS) is 26.0. The number of rotatable bonds is 5. The van der Waals surface area contributed by atoms with Gasteiger partial charge in [-0.25, -0.2) is 0 Å². The molecule has 1 amide bonds. The van der Waals surface area contributed by atoms with Gasteiger partial charge in [0.2, 0.25) is 5.91 Å². The van der Waals surface area contributed by atoms with Gasteiger partial charge in [0, 0.05) is 23.3 Å². The van der Waals surface area contributed by atoms with E-state index in [-0.39, 0.29) is 29.8 Å². The van der Waals surface area contributed by atoms with Gasteiger partial charge in [0.05, 0.1) is 0 Å². The predicted octanol–water partition coefficient (Wildman–Crippen LogP) is 2.10. The van der Waals surface area contributed by atoms with Gasteiger partial charge in [-0.1, -0.05) is 6.07 Å². The lowest BCUT2D eigenvalue weighted by Crippen LogP contribution is -2.45. The first kappa shape index (κ1) is 17.2. The van der Waals surface area contributed by atoms with E-state index >= 15 is 0 Å². The van der Waals surface area contributed by atoms with Gasteiger partial charge in [0.1, 0.15) is 0 Å². The first-order chi connectivity index (χ1) is 9.98. The van der Waals surface area contributed by atoms with Crippen molar-refractivity contribution in [2.24, 2.45) is 17.8 Å². The van der Waals surface area contributed by atoms with Crippen molar-refractivity contribution in [2.75, 3.05) is 13.1 Å². The highest BCUT2D eigenvalue weighted by Gasteiger charge is 2.57. The number of carbonyl (C=O) groups is 1. The Balaban J connectivity index is 0.00000176. The molecule has 0 aromatic carbocycles. The molecule has 3 atom stereocenters. The van der Waals surface area contributed by atoms with Crippen molar-refractivity contribution in [3.05, 3.63) is 29.6 Å². The topological polar surface area (TPSA) is 54.0 Å². The smallest absolute Gasteiger partial charge is 0.224 e. The maximum absolute atomic E-state index is 12.4. The summed E-state index contributed by atoms with van der Waals surface area (Å²) < 4.78 is 0. The Kier molecular flexibility index (Phi) is 5.13. The molecule has 1 aliphatic heterocycles. The quantitative estimate of drug-likeness (QED) is 0.872. The second-order valence-corrected chi connectivity index (χ2v) is 7.15. The Labute approximate surface area is 138 Å². The van der Waals surface area contributed by atoms with E-state index in [0.29, 0.717) is 11.8 Å². The Hall–Kier alpha value is -1.13. The third-order valence-corrected chi connectivity index (χ3v) is 4.96. The van der Waals surface area contributed by atoms with Crippen LogP contribution < -0.4 is 10.6 Å². The number of amides is 1. The van der Waals surface area contributed by atoms with Crippen molar-refractivity contribution in [1.29, 1.82) is 0 Å². The van der Waals surface area contributed by atoms with Crippen LogP contribution in [0.25, 0.3) is 0 Å². The minimum Gasteiger partial charge on any atom is -0.351 e. The summed E-state index contributed by atoms with van der Waals surface area (Å²) in [5, 5.41) is 6.58. The molecular formula is C17H26ClN3O. The van der Waals surface area contributed by atoms with Crippen LogP contribution in [0.3, 0.4) is 0 Å². The number of nitrogens with zero attached hydrogens (tertiary/aromatic N) is 1. The average Bonchev–Trinajstić information content (AvgIpc) is 2.92. The van der Waals surface area contributed by atoms with E-state index < -0.39 is 0 Å². The van der Waals surface area contributed by atoms with Crippen molar-refractivity contribution in [1.82, 2.24) is 15.6 Å². The van der Waals surface area contributed by atoms with Gasteiger partial charge in [0.15, 0.2) is 0 Å². The summed E-state index contributed by atoms with van der Waals surface area (Å²) in [6, 6.07) is 4.05. The molecule has 2 fully saturated rings. The lowest BCUT2D eigenvalue weighted by molar-refractivity contribution is -0.124. The van der Waals surface area contributed by atoms with Gasteiger partial charge in [-0.2, -0.15) is 0 Å². The molecule has 3 rings (SSSR count). The van der Waals surface area contributed by atoms with E-state index in [9.17, 15) is 4.79 Å². The number of halogens is 1. The Morgan fingerprint density at radius 3 is 2.73 bits per heavy atom. The zero-order valence-corrected chi connectivity index (χ0v) is 14.4. The summed E-state index contributed by atoms with van der Waals surface area (Å²) >= 11 is 0. The first-order valence-electron chi connectivity index (χ1n) is 7.91. The summed E-state index contributed by atoms with van der Waals surface area (Å²) in [6.07, 6.45) is 3.65. The number of pyridine rings is 1. The molecule has 2 N–H and O–H groups in total. The van der Waals surface area contributed by atoms with E-state index in [0.717, 1.165) is 31.6 Å². The van der Waals surface area contributed by atoms with Crippen LogP contribution in [0.5, 0.6) is 0 Å². The Bertz CT molecular complexity index is 536. The van der Waals surface area contributed by atoms with Gasteiger partial charge in [-0.3, -0.25) is 9.78 Å². The zero-order valence-electron chi connectivity index (χ0n) is 13.6. The van der Waals surface area contributed by atoms with Gasteiger partial charge in [0.25, 0.3) is 0 Å². The molecule has 0 spiro atoms. The highest BCUT2D eigenvalue weighted by atomic mass is 35.5. The Morgan fingerprint density at radius 2 is 2.09 bits per heavy atom. The van der Waals surface area contributed by atoms with Gasteiger partial charge in [-0.15, -0.1) is 12.4 Å². The number of aromatic nitrogens is 1.